The first kappa shape index (κ1) is 13.3. The number of rotatable bonds is 4. The average molecular weight is 375 g/mol. The molecular weight excluding hydrogens is 362 g/mol. The Hall–Kier alpha value is -0.160. The summed E-state index contributed by atoms with van der Waals surface area (Å²) in [5.74, 6) is 0. The van der Waals surface area contributed by atoms with E-state index in [1.165, 1.54) is 24.3 Å². The van der Waals surface area contributed by atoms with Crippen molar-refractivity contribution in [3.05, 3.63) is 54.6 Å². The van der Waals surface area contributed by atoms with Gasteiger partial charge in [0, 0.05) is 22.4 Å². The summed E-state index contributed by atoms with van der Waals surface area (Å²) >= 11 is 8.84. The highest BCUT2D eigenvalue weighted by Gasteiger charge is 2.01. The van der Waals surface area contributed by atoms with E-state index in [9.17, 15) is 0 Å². The number of hydrogen-bond donors (Lipinski definition) is 1. The molecule has 1 N–H and O–H groups in total. The van der Waals surface area contributed by atoms with Crippen molar-refractivity contribution in [3.8, 4) is 0 Å². The second-order valence-corrected chi connectivity index (χ2v) is 7.31. The number of nitrogens with one attached hydrogen (secondary N) is 1. The van der Waals surface area contributed by atoms with E-state index < -0.39 is 0 Å². The van der Waals surface area contributed by atoms with Crippen molar-refractivity contribution in [1.29, 1.82) is 0 Å². The standard InChI is InChI=1S/C13H13Br2NS/c1-9-2-3-10(12(14)6-9)7-16-8-11-4-5-13(15)17-11/h2-6,16H,7-8H2,1H3. The molecule has 1 nitrogen and oxygen atoms in total. The van der Waals surface area contributed by atoms with Crippen molar-refractivity contribution in [2.24, 2.45) is 0 Å². The van der Waals surface area contributed by atoms with Gasteiger partial charge in [0.2, 0.25) is 0 Å². The fourth-order valence-corrected chi connectivity index (χ4v) is 3.65. The number of halogens is 2. The van der Waals surface area contributed by atoms with Gasteiger partial charge in [0.1, 0.15) is 0 Å². The van der Waals surface area contributed by atoms with Crippen LogP contribution in [-0.2, 0) is 13.1 Å². The van der Waals surface area contributed by atoms with Crippen molar-refractivity contribution in [2.75, 3.05) is 0 Å². The molecule has 0 aliphatic heterocycles. The summed E-state index contributed by atoms with van der Waals surface area (Å²) < 4.78 is 2.36. The number of thiophene rings is 1. The summed E-state index contributed by atoms with van der Waals surface area (Å²) in [4.78, 5) is 1.35. The Morgan fingerprint density at radius 1 is 1.12 bits per heavy atom. The predicted molar refractivity (Wildman–Crippen MR) is 81.4 cm³/mol. The quantitative estimate of drug-likeness (QED) is 0.804. The number of aryl methyl sites for hydroxylation is 1. The lowest BCUT2D eigenvalue weighted by molar-refractivity contribution is 0.699. The molecule has 0 aliphatic rings. The number of benzene rings is 1. The zero-order valence-electron chi connectivity index (χ0n) is 9.47. The first-order valence-corrected chi connectivity index (χ1v) is 7.75. The molecule has 0 unspecified atom stereocenters. The van der Waals surface area contributed by atoms with E-state index in [-0.39, 0.29) is 0 Å². The first-order chi connectivity index (χ1) is 8.15. The van der Waals surface area contributed by atoms with Crippen molar-refractivity contribution in [1.82, 2.24) is 5.32 Å². The van der Waals surface area contributed by atoms with Crippen LogP contribution in [0.4, 0.5) is 0 Å². The summed E-state index contributed by atoms with van der Waals surface area (Å²) in [7, 11) is 0. The molecule has 0 aliphatic carbocycles. The van der Waals surface area contributed by atoms with Crippen LogP contribution in [0, 0.1) is 6.92 Å². The maximum atomic E-state index is 3.59. The minimum atomic E-state index is 0.885. The van der Waals surface area contributed by atoms with Gasteiger partial charge in [-0.2, -0.15) is 0 Å². The Kier molecular flexibility index (Phi) is 4.79. The van der Waals surface area contributed by atoms with Gasteiger partial charge in [-0.1, -0.05) is 28.1 Å². The molecule has 17 heavy (non-hydrogen) atoms. The minimum absolute atomic E-state index is 0.885. The molecule has 0 amide bonds. The summed E-state index contributed by atoms with van der Waals surface area (Å²) in [5.41, 5.74) is 2.58. The minimum Gasteiger partial charge on any atom is -0.308 e. The van der Waals surface area contributed by atoms with E-state index in [1.54, 1.807) is 11.3 Å². The average Bonchev–Trinajstić information content (AvgIpc) is 2.68. The van der Waals surface area contributed by atoms with Gasteiger partial charge in [-0.15, -0.1) is 11.3 Å². The van der Waals surface area contributed by atoms with Crippen LogP contribution in [-0.4, -0.2) is 0 Å². The molecule has 0 fully saturated rings. The molecular formula is C13H13Br2NS. The molecule has 0 spiro atoms. The summed E-state index contributed by atoms with van der Waals surface area (Å²) in [5, 5.41) is 3.45. The zero-order chi connectivity index (χ0) is 12.3. The second kappa shape index (κ2) is 6.14. The monoisotopic (exact) mass is 373 g/mol. The second-order valence-electron chi connectivity index (χ2n) is 3.90. The fraction of sp³-hybridized carbons (Fsp3) is 0.231. The largest absolute Gasteiger partial charge is 0.308 e. The molecule has 0 radical (unpaired) electrons. The van der Waals surface area contributed by atoms with Gasteiger partial charge in [0.15, 0.2) is 0 Å². The summed E-state index contributed by atoms with van der Waals surface area (Å²) in [6.07, 6.45) is 0. The van der Waals surface area contributed by atoms with Gasteiger partial charge >= 0.3 is 0 Å². The van der Waals surface area contributed by atoms with Gasteiger partial charge in [-0.3, -0.25) is 0 Å². The topological polar surface area (TPSA) is 12.0 Å². The molecule has 2 rings (SSSR count). The van der Waals surface area contributed by atoms with E-state index in [4.69, 9.17) is 0 Å². The van der Waals surface area contributed by atoms with Crippen molar-refractivity contribution >= 4 is 43.2 Å². The van der Waals surface area contributed by atoms with Crippen LogP contribution < -0.4 is 5.32 Å². The van der Waals surface area contributed by atoms with Gasteiger partial charge in [0.25, 0.3) is 0 Å². The molecule has 2 aromatic rings. The highest BCUT2D eigenvalue weighted by atomic mass is 79.9. The van der Waals surface area contributed by atoms with Crippen LogP contribution in [0.25, 0.3) is 0 Å². The SMILES string of the molecule is Cc1ccc(CNCc2ccc(Br)s2)c(Br)c1. The van der Waals surface area contributed by atoms with Gasteiger partial charge in [0.05, 0.1) is 3.79 Å². The molecule has 90 valence electrons. The van der Waals surface area contributed by atoms with Crippen LogP contribution in [0.2, 0.25) is 0 Å². The molecule has 1 heterocycles. The van der Waals surface area contributed by atoms with Crippen LogP contribution in [0.5, 0.6) is 0 Å². The predicted octanol–water partition coefficient (Wildman–Crippen LogP) is 4.87. The highest BCUT2D eigenvalue weighted by Crippen LogP contribution is 2.22. The van der Waals surface area contributed by atoms with Gasteiger partial charge < -0.3 is 5.32 Å². The Labute approximate surface area is 123 Å². The van der Waals surface area contributed by atoms with E-state index in [2.05, 4.69) is 74.4 Å². The molecule has 1 aromatic heterocycles. The van der Waals surface area contributed by atoms with Crippen LogP contribution >= 0.6 is 43.2 Å². The van der Waals surface area contributed by atoms with Crippen LogP contribution in [0.3, 0.4) is 0 Å². The maximum absolute atomic E-state index is 3.59. The van der Waals surface area contributed by atoms with E-state index in [0.717, 1.165) is 13.1 Å². The zero-order valence-corrected chi connectivity index (χ0v) is 13.5. The van der Waals surface area contributed by atoms with E-state index in [0.29, 0.717) is 0 Å². The van der Waals surface area contributed by atoms with Crippen LogP contribution in [0.1, 0.15) is 16.0 Å². The molecule has 0 bridgehead atoms. The Bertz CT molecular complexity index is 508. The lowest BCUT2D eigenvalue weighted by atomic mass is 10.1. The first-order valence-electron chi connectivity index (χ1n) is 5.35. The Morgan fingerprint density at radius 3 is 2.59 bits per heavy atom. The van der Waals surface area contributed by atoms with Crippen molar-refractivity contribution < 1.29 is 0 Å². The molecule has 4 heteroatoms. The Balaban J connectivity index is 1.90. The van der Waals surface area contributed by atoms with Gasteiger partial charge in [-0.05, 0) is 52.2 Å². The smallest absolute Gasteiger partial charge is 0.0701 e. The third-order valence-corrected chi connectivity index (χ3v) is 4.81. The molecule has 0 atom stereocenters. The third kappa shape index (κ3) is 3.91. The molecule has 0 saturated carbocycles. The Morgan fingerprint density at radius 2 is 1.94 bits per heavy atom. The molecule has 1 aromatic carbocycles. The lowest BCUT2D eigenvalue weighted by Gasteiger charge is -2.06. The van der Waals surface area contributed by atoms with Crippen molar-refractivity contribution in [3.63, 3.8) is 0 Å². The summed E-state index contributed by atoms with van der Waals surface area (Å²) in [6.45, 7) is 3.90. The summed E-state index contributed by atoms with van der Waals surface area (Å²) in [6, 6.07) is 10.7. The van der Waals surface area contributed by atoms with Crippen LogP contribution in [0.15, 0.2) is 38.6 Å². The maximum Gasteiger partial charge on any atom is 0.0701 e. The number of hydrogen-bond acceptors (Lipinski definition) is 2. The van der Waals surface area contributed by atoms with Crippen molar-refractivity contribution in [2.45, 2.75) is 20.0 Å². The normalized spacial score (nSPS) is 10.8. The van der Waals surface area contributed by atoms with Gasteiger partial charge in [-0.25, -0.2) is 0 Å². The third-order valence-electron chi connectivity index (χ3n) is 2.45. The van der Waals surface area contributed by atoms with E-state index >= 15 is 0 Å². The van der Waals surface area contributed by atoms with E-state index in [1.807, 2.05) is 0 Å². The lowest BCUT2D eigenvalue weighted by Crippen LogP contribution is -2.12. The highest BCUT2D eigenvalue weighted by molar-refractivity contribution is 9.11. The molecule has 0 saturated heterocycles. The fourth-order valence-electron chi connectivity index (χ4n) is 1.56.